The molecule has 56 valence electrons. The zero-order valence-electron chi connectivity index (χ0n) is 6.68. The Kier molecular flexibility index (Phi) is 4.32. The molecule has 0 heterocycles. The van der Waals surface area contributed by atoms with Gasteiger partial charge in [0.1, 0.15) is 0 Å². The molecular weight excluding hydrogens is 130 g/mol. The first-order valence-corrected chi connectivity index (χ1v) is 3.99. The lowest BCUT2D eigenvalue weighted by atomic mass is 10.1. The van der Waals surface area contributed by atoms with Gasteiger partial charge in [-0.15, -0.1) is 0 Å². The van der Waals surface area contributed by atoms with Crippen molar-refractivity contribution in [2.75, 3.05) is 0 Å². The maximum Gasteiger partial charge on any atom is 0.0475 e. The zero-order chi connectivity index (χ0) is 7.44. The molecule has 1 N–H and O–H groups in total. The molecule has 0 aromatic heterocycles. The maximum atomic E-state index is 4.22. The van der Waals surface area contributed by atoms with Crippen molar-refractivity contribution in [3.05, 3.63) is 0 Å². The molecule has 0 aromatic rings. The maximum absolute atomic E-state index is 4.22. The lowest BCUT2D eigenvalue weighted by Gasteiger charge is -2.19. The number of nitrogens with one attached hydrogen (secondary N) is 1. The van der Waals surface area contributed by atoms with Crippen molar-refractivity contribution in [3.63, 3.8) is 0 Å². The molecule has 0 aliphatic rings. The summed E-state index contributed by atoms with van der Waals surface area (Å²) in [4.78, 5) is 0. The largest absolute Gasteiger partial charge is 0.303 e. The Balaban J connectivity index is 3.38. The van der Waals surface area contributed by atoms with Gasteiger partial charge in [0.2, 0.25) is 0 Å². The van der Waals surface area contributed by atoms with Gasteiger partial charge in [0.15, 0.2) is 0 Å². The van der Waals surface area contributed by atoms with Gasteiger partial charge in [-0.05, 0) is 19.8 Å². The van der Waals surface area contributed by atoms with Crippen LogP contribution in [-0.4, -0.2) is 11.4 Å². The molecule has 0 fully saturated rings. The molecule has 9 heavy (non-hydrogen) atoms. The summed E-state index contributed by atoms with van der Waals surface area (Å²) < 4.78 is 0. The lowest BCUT2D eigenvalue weighted by Crippen LogP contribution is -2.34. The molecule has 0 aromatic carbocycles. The minimum atomic E-state index is 0.308. The van der Waals surface area contributed by atoms with Crippen LogP contribution in [0, 0.1) is 5.92 Å². The number of hydrogen-bond acceptors (Lipinski definition) is 2. The lowest BCUT2D eigenvalue weighted by molar-refractivity contribution is 0.427. The van der Waals surface area contributed by atoms with E-state index in [1.54, 1.807) is 0 Å². The summed E-state index contributed by atoms with van der Waals surface area (Å²) in [6.45, 7) is 8.63. The minimum Gasteiger partial charge on any atom is -0.303 e. The van der Waals surface area contributed by atoms with Crippen molar-refractivity contribution in [1.82, 2.24) is 5.32 Å². The molecule has 1 nitrogen and oxygen atoms in total. The van der Waals surface area contributed by atoms with E-state index in [-0.39, 0.29) is 0 Å². The van der Waals surface area contributed by atoms with Gasteiger partial charge in [-0.1, -0.05) is 13.8 Å². The average molecular weight is 147 g/mol. The van der Waals surface area contributed by atoms with Crippen LogP contribution >= 0.6 is 12.6 Å². The van der Waals surface area contributed by atoms with Gasteiger partial charge in [-0.3, -0.25) is 0 Å². The van der Waals surface area contributed by atoms with Crippen LogP contribution in [0.5, 0.6) is 0 Å². The van der Waals surface area contributed by atoms with Gasteiger partial charge in [0, 0.05) is 11.4 Å². The molecule has 0 rings (SSSR count). The van der Waals surface area contributed by atoms with E-state index in [1.807, 2.05) is 6.92 Å². The fourth-order valence-corrected chi connectivity index (χ4v) is 0.808. The topological polar surface area (TPSA) is 12.0 Å². The second kappa shape index (κ2) is 4.18. The Hall–Kier alpha value is 0.310. The Morgan fingerprint density at radius 1 is 1.11 bits per heavy atom. The summed E-state index contributed by atoms with van der Waals surface area (Å²) >= 11 is 4.22. The average Bonchev–Trinajstić information content (AvgIpc) is 1.63. The highest BCUT2D eigenvalue weighted by atomic mass is 32.1. The van der Waals surface area contributed by atoms with Crippen LogP contribution in [0.2, 0.25) is 0 Å². The van der Waals surface area contributed by atoms with Gasteiger partial charge >= 0.3 is 0 Å². The molecular formula is C7H17NS. The molecule has 2 heteroatoms. The monoisotopic (exact) mass is 147 g/mol. The Bertz CT molecular complexity index is 71.3. The second-order valence-corrected chi connectivity index (χ2v) is 3.65. The molecule has 0 bridgehead atoms. The van der Waals surface area contributed by atoms with Crippen molar-refractivity contribution in [3.8, 4) is 0 Å². The van der Waals surface area contributed by atoms with Crippen LogP contribution in [0.25, 0.3) is 0 Å². The highest BCUT2D eigenvalue weighted by Crippen LogP contribution is 2.01. The van der Waals surface area contributed by atoms with Gasteiger partial charge in [-0.2, -0.15) is 12.6 Å². The fraction of sp³-hybridized carbons (Fsp3) is 1.00. The fourth-order valence-electron chi connectivity index (χ4n) is 0.573. The molecule has 0 aliphatic heterocycles. The minimum absolute atomic E-state index is 0.308. The van der Waals surface area contributed by atoms with E-state index in [0.29, 0.717) is 17.3 Å². The molecule has 0 saturated carbocycles. The molecule has 1 unspecified atom stereocenters. The zero-order valence-corrected chi connectivity index (χ0v) is 7.57. The van der Waals surface area contributed by atoms with Crippen molar-refractivity contribution in [2.24, 2.45) is 5.92 Å². The van der Waals surface area contributed by atoms with Gasteiger partial charge in [0.25, 0.3) is 0 Å². The third-order valence-corrected chi connectivity index (χ3v) is 1.65. The first-order valence-electron chi connectivity index (χ1n) is 3.48. The summed E-state index contributed by atoms with van der Waals surface area (Å²) in [6.07, 6.45) is 0. The van der Waals surface area contributed by atoms with E-state index in [4.69, 9.17) is 0 Å². The van der Waals surface area contributed by atoms with Crippen molar-refractivity contribution >= 4 is 12.6 Å². The van der Waals surface area contributed by atoms with E-state index in [2.05, 4.69) is 38.7 Å². The van der Waals surface area contributed by atoms with Crippen LogP contribution < -0.4 is 5.32 Å². The third kappa shape index (κ3) is 4.79. The van der Waals surface area contributed by atoms with Crippen LogP contribution in [0.4, 0.5) is 0 Å². The van der Waals surface area contributed by atoms with E-state index in [0.717, 1.165) is 0 Å². The summed E-state index contributed by atoms with van der Waals surface area (Å²) in [5.74, 6) is 0.694. The van der Waals surface area contributed by atoms with E-state index in [1.165, 1.54) is 0 Å². The SMILES string of the molecule is CC(S)N[C@H](C)C(C)C. The summed E-state index contributed by atoms with van der Waals surface area (Å²) in [6, 6.07) is 0.567. The van der Waals surface area contributed by atoms with Crippen molar-refractivity contribution < 1.29 is 0 Å². The Morgan fingerprint density at radius 2 is 1.56 bits per heavy atom. The van der Waals surface area contributed by atoms with Crippen LogP contribution in [-0.2, 0) is 0 Å². The number of hydrogen-bond donors (Lipinski definition) is 2. The van der Waals surface area contributed by atoms with E-state index < -0.39 is 0 Å². The van der Waals surface area contributed by atoms with Gasteiger partial charge < -0.3 is 5.32 Å². The highest BCUT2D eigenvalue weighted by molar-refractivity contribution is 7.80. The van der Waals surface area contributed by atoms with Crippen LogP contribution in [0.1, 0.15) is 27.7 Å². The first-order chi connectivity index (χ1) is 4.04. The molecule has 0 amide bonds. The Morgan fingerprint density at radius 3 is 1.67 bits per heavy atom. The first kappa shape index (κ1) is 9.31. The molecule has 0 radical (unpaired) electrons. The van der Waals surface area contributed by atoms with Gasteiger partial charge in [-0.25, -0.2) is 0 Å². The Labute approximate surface area is 63.6 Å². The predicted molar refractivity (Wildman–Crippen MR) is 45.9 cm³/mol. The highest BCUT2D eigenvalue weighted by Gasteiger charge is 2.06. The van der Waals surface area contributed by atoms with E-state index >= 15 is 0 Å². The number of rotatable bonds is 3. The third-order valence-electron chi connectivity index (χ3n) is 1.50. The molecule has 0 saturated heterocycles. The van der Waals surface area contributed by atoms with Crippen LogP contribution in [0.15, 0.2) is 0 Å². The van der Waals surface area contributed by atoms with Crippen molar-refractivity contribution in [1.29, 1.82) is 0 Å². The molecule has 0 spiro atoms. The second-order valence-electron chi connectivity index (χ2n) is 2.88. The quantitative estimate of drug-likeness (QED) is 0.459. The predicted octanol–water partition coefficient (Wildman–Crippen LogP) is 1.90. The molecule has 0 aliphatic carbocycles. The van der Waals surface area contributed by atoms with Crippen LogP contribution in [0.3, 0.4) is 0 Å². The molecule has 2 atom stereocenters. The van der Waals surface area contributed by atoms with Gasteiger partial charge in [0.05, 0.1) is 0 Å². The smallest absolute Gasteiger partial charge is 0.0475 e. The summed E-state index contributed by atoms with van der Waals surface area (Å²) in [5, 5.41) is 3.61. The summed E-state index contributed by atoms with van der Waals surface area (Å²) in [5.41, 5.74) is 0. The summed E-state index contributed by atoms with van der Waals surface area (Å²) in [7, 11) is 0. The van der Waals surface area contributed by atoms with Crippen molar-refractivity contribution in [2.45, 2.75) is 39.1 Å². The normalized spacial score (nSPS) is 18.0. The van der Waals surface area contributed by atoms with E-state index in [9.17, 15) is 0 Å². The number of thiol groups is 1. The standard InChI is InChI=1S/C7H17NS/c1-5(2)6(3)8-7(4)9/h5-9H,1-4H3/t6-,7?/m1/s1.